The molecule has 0 aliphatic heterocycles. The first-order valence-electron chi connectivity index (χ1n) is 8.98. The second-order valence-electron chi connectivity index (χ2n) is 6.12. The Morgan fingerprint density at radius 2 is 1.83 bits per heavy atom. The van der Waals surface area contributed by atoms with Crippen molar-refractivity contribution in [2.75, 3.05) is 18.4 Å². The van der Waals surface area contributed by atoms with Crippen molar-refractivity contribution < 1.29 is 17.6 Å². The maximum atomic E-state index is 13.1. The van der Waals surface area contributed by atoms with Crippen LogP contribution in [0.2, 0.25) is 0 Å². The highest BCUT2D eigenvalue weighted by molar-refractivity contribution is 7.89. The lowest BCUT2D eigenvalue weighted by atomic mass is 10.2. The zero-order valence-electron chi connectivity index (χ0n) is 15.9. The first-order valence-corrected chi connectivity index (χ1v) is 11.3. The maximum Gasteiger partial charge on any atom is 0.257 e. The molecule has 0 fully saturated rings. The van der Waals surface area contributed by atoms with Gasteiger partial charge in [0.15, 0.2) is 5.13 Å². The van der Waals surface area contributed by atoms with Crippen LogP contribution in [0.25, 0.3) is 11.3 Å². The SMILES string of the molecule is CCN(CC)S(=O)(=O)c1cccc(C(=O)Nc2nc(-c3ccc(F)cc3)cs2)c1. The molecule has 3 aromatic rings. The fourth-order valence-electron chi connectivity index (χ4n) is 2.76. The third-order valence-electron chi connectivity index (χ3n) is 4.30. The lowest BCUT2D eigenvalue weighted by molar-refractivity contribution is 0.102. The third-order valence-corrected chi connectivity index (χ3v) is 7.11. The highest BCUT2D eigenvalue weighted by Gasteiger charge is 2.22. The lowest BCUT2D eigenvalue weighted by Crippen LogP contribution is -2.30. The quantitative estimate of drug-likeness (QED) is 0.605. The standard InChI is InChI=1S/C20H20FN3O3S2/c1-3-24(4-2)29(26,27)17-7-5-6-15(12-17)19(25)23-20-22-18(13-28-20)14-8-10-16(21)11-9-14/h5-13H,3-4H2,1-2H3,(H,22,23,25). The van der Waals surface area contributed by atoms with Crippen LogP contribution in [-0.2, 0) is 10.0 Å². The Morgan fingerprint density at radius 1 is 1.14 bits per heavy atom. The van der Waals surface area contributed by atoms with E-state index < -0.39 is 15.9 Å². The summed E-state index contributed by atoms with van der Waals surface area (Å²) in [6, 6.07) is 11.8. The van der Waals surface area contributed by atoms with Crippen molar-refractivity contribution in [1.29, 1.82) is 0 Å². The van der Waals surface area contributed by atoms with Crippen LogP contribution in [0.5, 0.6) is 0 Å². The van der Waals surface area contributed by atoms with E-state index in [1.54, 1.807) is 37.4 Å². The van der Waals surface area contributed by atoms with Crippen molar-refractivity contribution >= 4 is 32.4 Å². The number of sulfonamides is 1. The Balaban J connectivity index is 1.79. The van der Waals surface area contributed by atoms with E-state index >= 15 is 0 Å². The van der Waals surface area contributed by atoms with Crippen LogP contribution >= 0.6 is 11.3 Å². The summed E-state index contributed by atoms with van der Waals surface area (Å²) < 4.78 is 39.7. The van der Waals surface area contributed by atoms with Gasteiger partial charge in [-0.1, -0.05) is 19.9 Å². The average molecular weight is 434 g/mol. The number of benzene rings is 2. The van der Waals surface area contributed by atoms with Crippen molar-refractivity contribution in [2.24, 2.45) is 0 Å². The molecular weight excluding hydrogens is 413 g/mol. The first-order chi connectivity index (χ1) is 13.8. The van der Waals surface area contributed by atoms with Gasteiger partial charge in [0.25, 0.3) is 5.91 Å². The Bertz CT molecular complexity index is 1110. The van der Waals surface area contributed by atoms with E-state index in [0.717, 1.165) is 5.56 Å². The summed E-state index contributed by atoms with van der Waals surface area (Å²) in [6.45, 7) is 4.22. The number of carbonyl (C=O) groups excluding carboxylic acids is 1. The van der Waals surface area contributed by atoms with Crippen molar-refractivity contribution in [1.82, 2.24) is 9.29 Å². The maximum absolute atomic E-state index is 13.1. The summed E-state index contributed by atoms with van der Waals surface area (Å²) in [7, 11) is -3.66. The lowest BCUT2D eigenvalue weighted by Gasteiger charge is -2.18. The van der Waals surface area contributed by atoms with E-state index in [0.29, 0.717) is 23.9 Å². The molecule has 6 nitrogen and oxygen atoms in total. The molecular formula is C20H20FN3O3S2. The van der Waals surface area contributed by atoms with E-state index in [-0.39, 0.29) is 16.3 Å². The number of amides is 1. The molecule has 0 bridgehead atoms. The minimum Gasteiger partial charge on any atom is -0.298 e. The molecule has 0 spiro atoms. The van der Waals surface area contributed by atoms with Gasteiger partial charge in [-0.05, 0) is 42.5 Å². The van der Waals surface area contributed by atoms with Crippen LogP contribution in [0.1, 0.15) is 24.2 Å². The summed E-state index contributed by atoms with van der Waals surface area (Å²) >= 11 is 1.23. The highest BCUT2D eigenvalue weighted by Crippen LogP contribution is 2.25. The van der Waals surface area contributed by atoms with Gasteiger partial charge in [-0.2, -0.15) is 4.31 Å². The Morgan fingerprint density at radius 3 is 2.48 bits per heavy atom. The fourth-order valence-corrected chi connectivity index (χ4v) is 4.98. The van der Waals surface area contributed by atoms with Crippen molar-refractivity contribution in [2.45, 2.75) is 18.7 Å². The molecule has 0 radical (unpaired) electrons. The molecule has 0 unspecified atom stereocenters. The number of hydrogen-bond acceptors (Lipinski definition) is 5. The van der Waals surface area contributed by atoms with E-state index in [1.807, 2.05) is 0 Å². The fraction of sp³-hybridized carbons (Fsp3) is 0.200. The number of anilines is 1. The molecule has 1 N–H and O–H groups in total. The van der Waals surface area contributed by atoms with Gasteiger partial charge in [0, 0.05) is 29.6 Å². The number of halogens is 1. The minimum absolute atomic E-state index is 0.0694. The van der Waals surface area contributed by atoms with Crippen LogP contribution in [0, 0.1) is 5.82 Å². The Labute approximate surface area is 173 Å². The van der Waals surface area contributed by atoms with Gasteiger partial charge in [-0.15, -0.1) is 11.3 Å². The monoisotopic (exact) mass is 433 g/mol. The minimum atomic E-state index is -3.66. The largest absolute Gasteiger partial charge is 0.298 e. The zero-order chi connectivity index (χ0) is 21.0. The molecule has 1 aromatic heterocycles. The summed E-state index contributed by atoms with van der Waals surface area (Å²) in [5, 5.41) is 4.80. The summed E-state index contributed by atoms with van der Waals surface area (Å²) in [4.78, 5) is 17.0. The van der Waals surface area contributed by atoms with Crippen LogP contribution < -0.4 is 5.32 Å². The van der Waals surface area contributed by atoms with E-state index in [1.165, 1.54) is 46.0 Å². The second kappa shape index (κ2) is 8.81. The van der Waals surface area contributed by atoms with Crippen LogP contribution in [-0.4, -0.2) is 36.7 Å². The van der Waals surface area contributed by atoms with E-state index in [4.69, 9.17) is 0 Å². The molecule has 1 amide bonds. The molecule has 0 aliphatic rings. The number of aromatic nitrogens is 1. The third kappa shape index (κ3) is 4.69. The smallest absolute Gasteiger partial charge is 0.257 e. The zero-order valence-corrected chi connectivity index (χ0v) is 17.6. The molecule has 3 rings (SSSR count). The summed E-state index contributed by atoms with van der Waals surface area (Å²) in [6.07, 6.45) is 0. The molecule has 0 atom stereocenters. The van der Waals surface area contributed by atoms with Crippen LogP contribution in [0.3, 0.4) is 0 Å². The number of nitrogens with one attached hydrogen (secondary N) is 1. The summed E-state index contributed by atoms with van der Waals surface area (Å²) in [5.41, 5.74) is 1.57. The number of rotatable bonds is 7. The van der Waals surface area contributed by atoms with Crippen molar-refractivity contribution in [3.63, 3.8) is 0 Å². The predicted molar refractivity (Wildman–Crippen MR) is 112 cm³/mol. The molecule has 9 heteroatoms. The molecule has 1 heterocycles. The normalized spacial score (nSPS) is 11.6. The summed E-state index contributed by atoms with van der Waals surface area (Å²) in [5.74, 6) is -0.793. The van der Waals surface area contributed by atoms with Gasteiger partial charge in [0.1, 0.15) is 5.82 Å². The Hall–Kier alpha value is -2.62. The number of nitrogens with zero attached hydrogens (tertiary/aromatic N) is 2. The van der Waals surface area contributed by atoms with Gasteiger partial charge in [-0.25, -0.2) is 17.8 Å². The van der Waals surface area contributed by atoms with Gasteiger partial charge in [0.2, 0.25) is 10.0 Å². The average Bonchev–Trinajstić information content (AvgIpc) is 3.17. The van der Waals surface area contributed by atoms with Gasteiger partial charge in [0.05, 0.1) is 10.6 Å². The topological polar surface area (TPSA) is 79.4 Å². The number of thiazole rings is 1. The van der Waals surface area contributed by atoms with Crippen molar-refractivity contribution in [3.05, 3.63) is 65.3 Å². The van der Waals surface area contributed by atoms with Gasteiger partial charge >= 0.3 is 0 Å². The predicted octanol–water partition coefficient (Wildman–Crippen LogP) is 4.23. The van der Waals surface area contributed by atoms with Gasteiger partial charge < -0.3 is 0 Å². The molecule has 29 heavy (non-hydrogen) atoms. The van der Waals surface area contributed by atoms with Crippen molar-refractivity contribution in [3.8, 4) is 11.3 Å². The molecule has 0 saturated heterocycles. The Kier molecular flexibility index (Phi) is 6.41. The molecule has 0 saturated carbocycles. The van der Waals surface area contributed by atoms with E-state index in [9.17, 15) is 17.6 Å². The van der Waals surface area contributed by atoms with Crippen LogP contribution in [0.4, 0.5) is 9.52 Å². The molecule has 2 aromatic carbocycles. The molecule has 152 valence electrons. The highest BCUT2D eigenvalue weighted by atomic mass is 32.2. The molecule has 0 aliphatic carbocycles. The second-order valence-corrected chi connectivity index (χ2v) is 8.91. The van der Waals surface area contributed by atoms with E-state index in [2.05, 4.69) is 10.3 Å². The van der Waals surface area contributed by atoms with Gasteiger partial charge in [-0.3, -0.25) is 10.1 Å². The first kappa shape index (κ1) is 21.1. The number of hydrogen-bond donors (Lipinski definition) is 1. The number of carbonyl (C=O) groups is 1. The van der Waals surface area contributed by atoms with Crippen LogP contribution in [0.15, 0.2) is 58.8 Å².